The average Bonchev–Trinajstić information content (AvgIpc) is 2.47. The van der Waals surface area contributed by atoms with Crippen molar-refractivity contribution in [2.45, 2.75) is 0 Å². The van der Waals surface area contributed by atoms with Crippen LogP contribution in [-0.4, -0.2) is 123 Å². The molecule has 0 bridgehead atoms. The van der Waals surface area contributed by atoms with Gasteiger partial charge in [-0.3, -0.25) is 0 Å². The zero-order valence-corrected chi connectivity index (χ0v) is 16.8. The van der Waals surface area contributed by atoms with Gasteiger partial charge in [-0.25, -0.2) is 0 Å². The molecule has 0 saturated carbocycles. The topological polar surface area (TPSA) is 19.4 Å². The van der Waals surface area contributed by atoms with Crippen LogP contribution >= 0.6 is 17.8 Å². The van der Waals surface area contributed by atoms with Crippen LogP contribution in [-0.2, 0) is 0 Å². The van der Waals surface area contributed by atoms with Crippen LogP contribution in [0.5, 0.6) is 0 Å². The normalized spacial score (nSPS) is 26.5. The molecule has 2 saturated heterocycles. The summed E-state index contributed by atoms with van der Waals surface area (Å²) in [6.07, 6.45) is 0. The van der Waals surface area contributed by atoms with Crippen LogP contribution in [0, 0.1) is 0 Å². The van der Waals surface area contributed by atoms with E-state index in [1.54, 1.807) is 0 Å². The molecule has 0 N–H and O–H groups in total. The van der Waals surface area contributed by atoms with Crippen molar-refractivity contribution in [3.63, 3.8) is 0 Å². The standard InChI is InChI=1S/C14H34ClN6P/c1-16(2)22(15,17(3)4,20-11-7-18(5)8-12-20)21-13-9-19(6)10-14-21/h7-14H2,1-6H3. The van der Waals surface area contributed by atoms with Gasteiger partial charge in [0.15, 0.2) is 0 Å². The van der Waals surface area contributed by atoms with Crippen molar-refractivity contribution in [3.05, 3.63) is 0 Å². The van der Waals surface area contributed by atoms with Crippen LogP contribution in [0.25, 0.3) is 0 Å². The Morgan fingerprint density at radius 3 is 1.14 bits per heavy atom. The van der Waals surface area contributed by atoms with E-state index in [0.29, 0.717) is 0 Å². The fourth-order valence-electron chi connectivity index (χ4n) is 3.83. The molecule has 2 rings (SSSR count). The van der Waals surface area contributed by atoms with Gasteiger partial charge in [-0.05, 0) is 0 Å². The number of nitrogens with zero attached hydrogens (tertiary/aromatic N) is 6. The quantitative estimate of drug-likeness (QED) is 0.697. The van der Waals surface area contributed by atoms with Crippen molar-refractivity contribution < 1.29 is 0 Å². The minimum absolute atomic E-state index is 1.03. The second kappa shape index (κ2) is 6.77. The summed E-state index contributed by atoms with van der Waals surface area (Å²) in [6.45, 7) is 5.49. The third-order valence-corrected chi connectivity index (χ3v) is 13.9. The molecule has 0 unspecified atom stereocenters. The van der Waals surface area contributed by atoms with Gasteiger partial charge < -0.3 is 0 Å². The SMILES string of the molecule is CN1CCN(P(Cl)(N(C)C)(N(C)C)N2CCN(C)CC2)CC1. The summed E-state index contributed by atoms with van der Waals surface area (Å²) < 4.78 is 9.75. The first-order chi connectivity index (χ1) is 10.2. The third-order valence-electron chi connectivity index (χ3n) is 5.31. The number of halogens is 1. The second-order valence-corrected chi connectivity index (χ2v) is 13.3. The molecular formula is C14H34ClN6P. The molecule has 0 aliphatic carbocycles. The van der Waals surface area contributed by atoms with Gasteiger partial charge in [0.1, 0.15) is 0 Å². The molecule has 0 amide bonds. The van der Waals surface area contributed by atoms with Crippen molar-refractivity contribution in [3.8, 4) is 0 Å². The zero-order chi connectivity index (χ0) is 16.6. The Morgan fingerprint density at radius 1 is 0.636 bits per heavy atom. The molecule has 0 aromatic carbocycles. The predicted octanol–water partition coefficient (Wildman–Crippen LogP) is 0.972. The first-order valence-corrected chi connectivity index (χ1v) is 11.1. The van der Waals surface area contributed by atoms with Crippen molar-refractivity contribution in [1.29, 1.82) is 0 Å². The maximum atomic E-state index is 7.72. The number of hydrogen-bond donors (Lipinski definition) is 0. The fraction of sp³-hybridized carbons (Fsp3) is 1.00. The first-order valence-electron chi connectivity index (χ1n) is 8.18. The van der Waals surface area contributed by atoms with Gasteiger partial charge in [-0.1, -0.05) is 0 Å². The number of rotatable bonds is 4. The first kappa shape index (κ1) is 18.8. The molecule has 2 aliphatic rings. The maximum absolute atomic E-state index is 7.72. The number of hydrogen-bond acceptors (Lipinski definition) is 6. The monoisotopic (exact) mass is 352 g/mol. The van der Waals surface area contributed by atoms with Gasteiger partial charge in [0, 0.05) is 0 Å². The molecular weight excluding hydrogens is 319 g/mol. The van der Waals surface area contributed by atoms with Gasteiger partial charge in [0.05, 0.1) is 0 Å². The van der Waals surface area contributed by atoms with Gasteiger partial charge in [-0.15, -0.1) is 0 Å². The van der Waals surface area contributed by atoms with Gasteiger partial charge in [0.25, 0.3) is 0 Å². The van der Waals surface area contributed by atoms with Crippen LogP contribution < -0.4 is 0 Å². The molecule has 8 heteroatoms. The zero-order valence-electron chi connectivity index (χ0n) is 15.2. The van der Waals surface area contributed by atoms with Crippen molar-refractivity contribution in [1.82, 2.24) is 28.5 Å². The summed E-state index contributed by atoms with van der Waals surface area (Å²) in [5.41, 5.74) is 0. The molecule has 0 spiro atoms. The van der Waals surface area contributed by atoms with Gasteiger partial charge >= 0.3 is 141 Å². The van der Waals surface area contributed by atoms with Crippen LogP contribution in [0.4, 0.5) is 0 Å². The van der Waals surface area contributed by atoms with E-state index in [4.69, 9.17) is 11.2 Å². The van der Waals surface area contributed by atoms with E-state index >= 15 is 0 Å². The summed E-state index contributed by atoms with van der Waals surface area (Å²) >= 11 is 7.72. The molecule has 132 valence electrons. The number of likely N-dealkylation sites (N-methyl/N-ethyl adjacent to an activating group) is 2. The Kier molecular flexibility index (Phi) is 5.79. The van der Waals surface area contributed by atoms with E-state index in [2.05, 4.69) is 70.8 Å². The Labute approximate surface area is 141 Å². The van der Waals surface area contributed by atoms with Gasteiger partial charge in [-0.2, -0.15) is 0 Å². The minimum atomic E-state index is -2.96. The molecule has 0 aromatic rings. The summed E-state index contributed by atoms with van der Waals surface area (Å²) in [4.78, 5) is 4.79. The van der Waals surface area contributed by atoms with Crippen LogP contribution in [0.2, 0.25) is 0 Å². The van der Waals surface area contributed by atoms with Crippen LogP contribution in [0.1, 0.15) is 0 Å². The van der Waals surface area contributed by atoms with Crippen LogP contribution in [0.3, 0.4) is 0 Å². The van der Waals surface area contributed by atoms with Crippen LogP contribution in [0.15, 0.2) is 0 Å². The van der Waals surface area contributed by atoms with E-state index in [-0.39, 0.29) is 0 Å². The molecule has 6 nitrogen and oxygen atoms in total. The summed E-state index contributed by atoms with van der Waals surface area (Å²) in [5.74, 6) is 0. The van der Waals surface area contributed by atoms with E-state index in [0.717, 1.165) is 52.4 Å². The van der Waals surface area contributed by atoms with E-state index in [9.17, 15) is 0 Å². The summed E-state index contributed by atoms with van der Waals surface area (Å²) in [6, 6.07) is 0. The van der Waals surface area contributed by atoms with Crippen molar-refractivity contribution in [2.24, 2.45) is 0 Å². The Morgan fingerprint density at radius 2 is 0.909 bits per heavy atom. The molecule has 22 heavy (non-hydrogen) atoms. The van der Waals surface area contributed by atoms with E-state index in [1.165, 1.54) is 0 Å². The second-order valence-electron chi connectivity index (χ2n) is 7.05. The molecule has 2 heterocycles. The third kappa shape index (κ3) is 2.82. The molecule has 0 aromatic heterocycles. The van der Waals surface area contributed by atoms with Crippen molar-refractivity contribution in [2.75, 3.05) is 94.6 Å². The Bertz CT molecular complexity index is 344. The molecule has 2 aliphatic heterocycles. The van der Waals surface area contributed by atoms with E-state index < -0.39 is 6.56 Å². The molecule has 0 radical (unpaired) electrons. The average molecular weight is 353 g/mol. The number of piperazine rings is 2. The molecule has 2 fully saturated rings. The summed E-state index contributed by atoms with van der Waals surface area (Å²) in [7, 11) is 13.0. The van der Waals surface area contributed by atoms with E-state index in [1.807, 2.05) is 0 Å². The Balaban J connectivity index is 2.39. The van der Waals surface area contributed by atoms with Crippen molar-refractivity contribution >= 4 is 17.8 Å². The predicted molar refractivity (Wildman–Crippen MR) is 98.3 cm³/mol. The van der Waals surface area contributed by atoms with Gasteiger partial charge in [0.2, 0.25) is 0 Å². The Hall–Kier alpha value is 0.480. The fourth-order valence-corrected chi connectivity index (χ4v) is 9.57. The molecule has 0 atom stereocenters. The summed E-state index contributed by atoms with van der Waals surface area (Å²) in [5, 5.41) is 0.